The Balaban J connectivity index is 1.80. The van der Waals surface area contributed by atoms with E-state index < -0.39 is 0 Å². The van der Waals surface area contributed by atoms with Gasteiger partial charge in [-0.25, -0.2) is 0 Å². The number of anilines is 1. The molecule has 2 N–H and O–H groups in total. The Hall–Kier alpha value is -2.15. The summed E-state index contributed by atoms with van der Waals surface area (Å²) in [5.74, 6) is -0.345. The molecule has 3 rings (SSSR count). The topological polar surface area (TPSA) is 76.0 Å². The van der Waals surface area contributed by atoms with Gasteiger partial charge in [0.15, 0.2) is 0 Å². The van der Waals surface area contributed by atoms with Gasteiger partial charge < -0.3 is 10.6 Å². The molecule has 0 unspecified atom stereocenters. The number of nitrogens with zero attached hydrogens (tertiary/aromatic N) is 2. The van der Waals surface area contributed by atoms with Crippen molar-refractivity contribution >= 4 is 28.2 Å². The average molecular weight is 360 g/mol. The van der Waals surface area contributed by atoms with Crippen LogP contribution >= 0.6 is 11.3 Å². The number of nitrogens with one attached hydrogen (secondary N) is 2. The zero-order chi connectivity index (χ0) is 18.0. The zero-order valence-electron chi connectivity index (χ0n) is 14.9. The number of hydrogen-bond donors (Lipinski definition) is 2. The Morgan fingerprint density at radius 1 is 1.20 bits per heavy atom. The Kier molecular flexibility index (Phi) is 5.22. The molecule has 1 saturated carbocycles. The second-order valence-corrected chi connectivity index (χ2v) is 7.81. The van der Waals surface area contributed by atoms with Crippen LogP contribution in [0.5, 0.6) is 0 Å². The molecule has 0 atom stereocenters. The van der Waals surface area contributed by atoms with Gasteiger partial charge in [-0.1, -0.05) is 19.3 Å². The lowest BCUT2D eigenvalue weighted by atomic mass is 9.95. The van der Waals surface area contributed by atoms with Crippen LogP contribution in [0.3, 0.4) is 0 Å². The number of carbonyl (C=O) groups excluding carboxylic acids is 2. The van der Waals surface area contributed by atoms with E-state index in [0.717, 1.165) is 36.1 Å². The summed E-state index contributed by atoms with van der Waals surface area (Å²) in [4.78, 5) is 26.4. The van der Waals surface area contributed by atoms with Gasteiger partial charge in [-0.05, 0) is 38.3 Å². The Bertz CT molecular complexity index is 787. The second-order valence-electron chi connectivity index (χ2n) is 6.59. The molecule has 134 valence electrons. The van der Waals surface area contributed by atoms with Crippen LogP contribution in [0.4, 0.5) is 5.00 Å². The lowest BCUT2D eigenvalue weighted by molar-refractivity contribution is 0.0928. The van der Waals surface area contributed by atoms with Gasteiger partial charge >= 0.3 is 0 Å². The first-order chi connectivity index (χ1) is 12.0. The monoisotopic (exact) mass is 360 g/mol. The summed E-state index contributed by atoms with van der Waals surface area (Å²) in [6.07, 6.45) is 7.22. The highest BCUT2D eigenvalue weighted by molar-refractivity contribution is 7.16. The van der Waals surface area contributed by atoms with Gasteiger partial charge in [-0.3, -0.25) is 14.3 Å². The van der Waals surface area contributed by atoms with Crippen molar-refractivity contribution in [2.24, 2.45) is 7.05 Å². The molecule has 6 nitrogen and oxygen atoms in total. The van der Waals surface area contributed by atoms with Gasteiger partial charge in [0.25, 0.3) is 11.8 Å². The highest BCUT2D eigenvalue weighted by atomic mass is 32.1. The van der Waals surface area contributed by atoms with Gasteiger partial charge in [0.2, 0.25) is 0 Å². The highest BCUT2D eigenvalue weighted by Gasteiger charge is 2.24. The van der Waals surface area contributed by atoms with Crippen LogP contribution in [0.1, 0.15) is 63.4 Å². The van der Waals surface area contributed by atoms with Crippen molar-refractivity contribution in [2.75, 3.05) is 5.32 Å². The summed E-state index contributed by atoms with van der Waals surface area (Å²) in [5.41, 5.74) is 1.98. The summed E-state index contributed by atoms with van der Waals surface area (Å²) in [7, 11) is 1.72. The van der Waals surface area contributed by atoms with E-state index in [0.29, 0.717) is 16.3 Å². The van der Waals surface area contributed by atoms with Crippen molar-refractivity contribution in [1.29, 1.82) is 0 Å². The van der Waals surface area contributed by atoms with E-state index in [9.17, 15) is 9.59 Å². The summed E-state index contributed by atoms with van der Waals surface area (Å²) in [5, 5.41) is 10.7. The summed E-state index contributed by atoms with van der Waals surface area (Å²) in [6, 6.07) is 1.89. The molecule has 0 spiro atoms. The molecular formula is C18H24N4O2S. The number of rotatable bonds is 4. The van der Waals surface area contributed by atoms with E-state index in [2.05, 4.69) is 15.7 Å². The maximum Gasteiger partial charge on any atom is 0.274 e. The first-order valence-electron chi connectivity index (χ1n) is 8.67. The van der Waals surface area contributed by atoms with E-state index in [1.165, 1.54) is 22.4 Å². The minimum Gasteiger partial charge on any atom is -0.349 e. The van der Waals surface area contributed by atoms with Gasteiger partial charge in [-0.2, -0.15) is 5.10 Å². The van der Waals surface area contributed by atoms with Crippen LogP contribution in [0.2, 0.25) is 0 Å². The largest absolute Gasteiger partial charge is 0.349 e. The molecule has 0 saturated heterocycles. The third kappa shape index (κ3) is 3.76. The van der Waals surface area contributed by atoms with Gasteiger partial charge in [0.05, 0.1) is 5.56 Å². The third-order valence-electron chi connectivity index (χ3n) is 4.83. The minimum absolute atomic E-state index is 0.0888. The minimum atomic E-state index is -0.257. The van der Waals surface area contributed by atoms with Crippen LogP contribution in [-0.4, -0.2) is 27.6 Å². The van der Waals surface area contributed by atoms with Crippen molar-refractivity contribution in [2.45, 2.75) is 52.0 Å². The quantitative estimate of drug-likeness (QED) is 0.877. The summed E-state index contributed by atoms with van der Waals surface area (Å²) < 4.78 is 1.52. The van der Waals surface area contributed by atoms with Gasteiger partial charge in [0.1, 0.15) is 10.7 Å². The van der Waals surface area contributed by atoms with Crippen molar-refractivity contribution in [1.82, 2.24) is 15.1 Å². The molecule has 1 aliphatic rings. The van der Waals surface area contributed by atoms with Gasteiger partial charge in [0, 0.05) is 24.2 Å². The van der Waals surface area contributed by atoms with Crippen molar-refractivity contribution < 1.29 is 9.59 Å². The van der Waals surface area contributed by atoms with Crippen molar-refractivity contribution in [3.8, 4) is 0 Å². The fourth-order valence-corrected chi connectivity index (χ4v) is 4.31. The average Bonchev–Trinajstić information content (AvgIpc) is 3.12. The van der Waals surface area contributed by atoms with Gasteiger partial charge in [-0.15, -0.1) is 11.3 Å². The predicted octanol–water partition coefficient (Wildman–Crippen LogP) is 3.41. The number of carbonyl (C=O) groups is 2. The van der Waals surface area contributed by atoms with E-state index in [1.807, 2.05) is 13.8 Å². The number of thiophene rings is 1. The van der Waals surface area contributed by atoms with E-state index in [1.54, 1.807) is 19.3 Å². The molecule has 2 aromatic heterocycles. The molecular weight excluding hydrogens is 336 g/mol. The molecule has 0 aromatic carbocycles. The Morgan fingerprint density at radius 3 is 2.56 bits per heavy atom. The predicted molar refractivity (Wildman–Crippen MR) is 99.3 cm³/mol. The fraction of sp³-hybridized carbons (Fsp3) is 0.500. The van der Waals surface area contributed by atoms with Crippen LogP contribution in [-0.2, 0) is 7.05 Å². The number of aromatic nitrogens is 2. The molecule has 25 heavy (non-hydrogen) atoms. The summed E-state index contributed by atoms with van der Waals surface area (Å²) >= 11 is 1.44. The summed E-state index contributed by atoms with van der Waals surface area (Å²) in [6.45, 7) is 3.90. The van der Waals surface area contributed by atoms with Crippen LogP contribution in [0, 0.1) is 13.8 Å². The van der Waals surface area contributed by atoms with E-state index in [-0.39, 0.29) is 17.9 Å². The maximum atomic E-state index is 12.8. The first kappa shape index (κ1) is 17.7. The standard InChI is InChI=1S/C18H24N4O2S/c1-11-12(2)25-18(21-16(23)14-9-10-19-22(14)3)15(11)17(24)20-13-7-5-4-6-8-13/h9-10,13H,4-8H2,1-3H3,(H,20,24)(H,21,23). The first-order valence-corrected chi connectivity index (χ1v) is 9.49. The molecule has 2 heterocycles. The maximum absolute atomic E-state index is 12.8. The number of hydrogen-bond acceptors (Lipinski definition) is 4. The van der Waals surface area contributed by atoms with Crippen LogP contribution in [0.15, 0.2) is 12.3 Å². The van der Waals surface area contributed by atoms with E-state index >= 15 is 0 Å². The van der Waals surface area contributed by atoms with Crippen LogP contribution in [0.25, 0.3) is 0 Å². The zero-order valence-corrected chi connectivity index (χ0v) is 15.7. The fourth-order valence-electron chi connectivity index (χ4n) is 3.26. The molecule has 7 heteroatoms. The third-order valence-corrected chi connectivity index (χ3v) is 5.96. The van der Waals surface area contributed by atoms with Crippen LogP contribution < -0.4 is 10.6 Å². The highest BCUT2D eigenvalue weighted by Crippen LogP contribution is 2.33. The molecule has 2 amide bonds. The second kappa shape index (κ2) is 7.39. The Morgan fingerprint density at radius 2 is 1.92 bits per heavy atom. The molecule has 0 radical (unpaired) electrons. The smallest absolute Gasteiger partial charge is 0.274 e. The SMILES string of the molecule is Cc1sc(NC(=O)c2ccnn2C)c(C(=O)NC2CCCCC2)c1C. The Labute approximate surface area is 151 Å². The van der Waals surface area contributed by atoms with Crippen molar-refractivity contribution in [3.05, 3.63) is 34.0 Å². The molecule has 2 aromatic rings. The lowest BCUT2D eigenvalue weighted by Crippen LogP contribution is -2.36. The number of amides is 2. The lowest BCUT2D eigenvalue weighted by Gasteiger charge is -2.23. The number of aryl methyl sites for hydroxylation is 2. The molecule has 0 bridgehead atoms. The van der Waals surface area contributed by atoms with Crippen molar-refractivity contribution in [3.63, 3.8) is 0 Å². The molecule has 1 aliphatic carbocycles. The van der Waals surface area contributed by atoms with E-state index in [4.69, 9.17) is 0 Å². The molecule has 0 aliphatic heterocycles. The normalized spacial score (nSPS) is 15.2. The molecule has 1 fully saturated rings.